The molecule has 0 fully saturated rings. The molecule has 0 aliphatic carbocycles. The molecule has 112 valence electrons. The van der Waals surface area contributed by atoms with E-state index in [1.165, 1.54) is 5.56 Å². The molecule has 1 aromatic carbocycles. The second-order valence-electron chi connectivity index (χ2n) is 5.50. The zero-order valence-corrected chi connectivity index (χ0v) is 13.1. The van der Waals surface area contributed by atoms with Gasteiger partial charge in [-0.1, -0.05) is 43.7 Å². The normalized spacial score (nSPS) is 11.1. The van der Waals surface area contributed by atoms with Crippen LogP contribution in [0.4, 0.5) is 0 Å². The van der Waals surface area contributed by atoms with Gasteiger partial charge in [-0.05, 0) is 25.8 Å². The maximum atomic E-state index is 11.8. The summed E-state index contributed by atoms with van der Waals surface area (Å²) in [5, 5.41) is 2.98. The van der Waals surface area contributed by atoms with E-state index in [0.29, 0.717) is 12.5 Å². The Balaban J connectivity index is 2.38. The number of carbonyl (C=O) groups excluding carboxylic acids is 1. The summed E-state index contributed by atoms with van der Waals surface area (Å²) in [4.78, 5) is 14.1. The molecule has 0 saturated heterocycles. The second-order valence-corrected chi connectivity index (χ2v) is 5.50. The molecule has 1 N–H and O–H groups in total. The third-order valence-electron chi connectivity index (χ3n) is 3.44. The Morgan fingerprint density at radius 1 is 1.25 bits per heavy atom. The number of nitrogens with one attached hydrogen (secondary N) is 1. The Morgan fingerprint density at radius 3 is 2.55 bits per heavy atom. The smallest absolute Gasteiger partial charge is 0.221 e. The van der Waals surface area contributed by atoms with Crippen molar-refractivity contribution in [3.8, 4) is 0 Å². The van der Waals surface area contributed by atoms with Gasteiger partial charge in [0.15, 0.2) is 0 Å². The number of hydrogen-bond acceptors (Lipinski definition) is 2. The lowest BCUT2D eigenvalue weighted by Gasteiger charge is -2.26. The molecule has 0 heterocycles. The van der Waals surface area contributed by atoms with Gasteiger partial charge in [-0.25, -0.2) is 0 Å². The van der Waals surface area contributed by atoms with E-state index in [1.54, 1.807) is 0 Å². The molecule has 0 aliphatic rings. The van der Waals surface area contributed by atoms with E-state index in [0.717, 1.165) is 32.5 Å². The number of hydrogen-bond donors (Lipinski definition) is 1. The highest BCUT2D eigenvalue weighted by atomic mass is 16.1. The Labute approximate surface area is 123 Å². The molecule has 0 radical (unpaired) electrons. The van der Waals surface area contributed by atoms with Gasteiger partial charge >= 0.3 is 0 Å². The van der Waals surface area contributed by atoms with E-state index in [9.17, 15) is 4.79 Å². The van der Waals surface area contributed by atoms with Crippen LogP contribution in [0.5, 0.6) is 0 Å². The summed E-state index contributed by atoms with van der Waals surface area (Å²) in [5.41, 5.74) is 1.30. The first kappa shape index (κ1) is 16.7. The fourth-order valence-electron chi connectivity index (χ4n) is 2.08. The van der Waals surface area contributed by atoms with E-state index in [4.69, 9.17) is 0 Å². The topological polar surface area (TPSA) is 32.3 Å². The number of rotatable bonds is 9. The highest BCUT2D eigenvalue weighted by Gasteiger charge is 2.12. The maximum Gasteiger partial charge on any atom is 0.221 e. The number of unbranched alkanes of at least 4 members (excludes halogenated alkanes) is 1. The Bertz CT molecular complexity index is 376. The van der Waals surface area contributed by atoms with Crippen LogP contribution in [0.25, 0.3) is 0 Å². The van der Waals surface area contributed by atoms with Crippen LogP contribution in [-0.2, 0) is 11.3 Å². The number of nitrogens with zero attached hydrogens (tertiary/aromatic N) is 1. The Kier molecular flexibility index (Phi) is 7.97. The molecular weight excluding hydrogens is 248 g/mol. The molecule has 0 saturated carbocycles. The lowest BCUT2D eigenvalue weighted by atomic mass is 10.2. The zero-order valence-electron chi connectivity index (χ0n) is 13.1. The van der Waals surface area contributed by atoms with Crippen molar-refractivity contribution in [1.82, 2.24) is 10.2 Å². The predicted octanol–water partition coefficient (Wildman–Crippen LogP) is 3.20. The summed E-state index contributed by atoms with van der Waals surface area (Å²) in [5.74, 6) is 0.164. The number of benzene rings is 1. The molecule has 3 heteroatoms. The van der Waals surface area contributed by atoms with Crippen LogP contribution in [-0.4, -0.2) is 29.9 Å². The first-order valence-electron chi connectivity index (χ1n) is 7.68. The van der Waals surface area contributed by atoms with Crippen LogP contribution < -0.4 is 5.32 Å². The number of amides is 1. The lowest BCUT2D eigenvalue weighted by molar-refractivity contribution is -0.121. The molecule has 1 rings (SSSR count). The molecule has 1 amide bonds. The minimum Gasteiger partial charge on any atom is -0.356 e. The standard InChI is InChI=1S/C17H28N2O/c1-4-5-12-18-17(20)11-13-19(15(2)3)14-16-9-7-6-8-10-16/h6-10,15H,4-5,11-14H2,1-3H3,(H,18,20). The fraction of sp³-hybridized carbons (Fsp3) is 0.588. The summed E-state index contributed by atoms with van der Waals surface area (Å²) in [7, 11) is 0. The van der Waals surface area contributed by atoms with Crippen molar-refractivity contribution in [2.45, 2.75) is 52.6 Å². The van der Waals surface area contributed by atoms with E-state index in [2.05, 4.69) is 55.3 Å². The molecule has 0 atom stereocenters. The van der Waals surface area contributed by atoms with E-state index in [-0.39, 0.29) is 5.91 Å². The summed E-state index contributed by atoms with van der Waals surface area (Å²) in [6.45, 7) is 9.00. The molecule has 0 aromatic heterocycles. The van der Waals surface area contributed by atoms with Gasteiger partial charge in [0.25, 0.3) is 0 Å². The monoisotopic (exact) mass is 276 g/mol. The summed E-state index contributed by atoms with van der Waals surface area (Å²) in [6, 6.07) is 10.9. The van der Waals surface area contributed by atoms with Crippen molar-refractivity contribution in [3.63, 3.8) is 0 Å². The van der Waals surface area contributed by atoms with Crippen molar-refractivity contribution < 1.29 is 4.79 Å². The van der Waals surface area contributed by atoms with Crippen molar-refractivity contribution in [2.75, 3.05) is 13.1 Å². The molecule has 3 nitrogen and oxygen atoms in total. The van der Waals surface area contributed by atoms with Gasteiger partial charge in [-0.3, -0.25) is 9.69 Å². The third-order valence-corrected chi connectivity index (χ3v) is 3.44. The van der Waals surface area contributed by atoms with Crippen LogP contribution in [0.1, 0.15) is 45.6 Å². The molecule has 0 unspecified atom stereocenters. The van der Waals surface area contributed by atoms with E-state index < -0.39 is 0 Å². The average molecular weight is 276 g/mol. The summed E-state index contributed by atoms with van der Waals surface area (Å²) >= 11 is 0. The zero-order chi connectivity index (χ0) is 14.8. The fourth-order valence-corrected chi connectivity index (χ4v) is 2.08. The van der Waals surface area contributed by atoms with Gasteiger partial charge in [0.2, 0.25) is 5.91 Å². The van der Waals surface area contributed by atoms with Gasteiger partial charge in [-0.2, -0.15) is 0 Å². The summed E-state index contributed by atoms with van der Waals surface area (Å²) in [6.07, 6.45) is 2.75. The summed E-state index contributed by atoms with van der Waals surface area (Å²) < 4.78 is 0. The molecule has 20 heavy (non-hydrogen) atoms. The maximum absolute atomic E-state index is 11.8. The quantitative estimate of drug-likeness (QED) is 0.702. The van der Waals surface area contributed by atoms with Crippen LogP contribution in [0.15, 0.2) is 30.3 Å². The lowest BCUT2D eigenvalue weighted by Crippen LogP contribution is -2.35. The van der Waals surface area contributed by atoms with Crippen LogP contribution in [0, 0.1) is 0 Å². The van der Waals surface area contributed by atoms with Crippen LogP contribution in [0.3, 0.4) is 0 Å². The second kappa shape index (κ2) is 9.54. The molecule has 1 aromatic rings. The third kappa shape index (κ3) is 6.71. The predicted molar refractivity (Wildman–Crippen MR) is 84.5 cm³/mol. The van der Waals surface area contributed by atoms with Gasteiger partial charge < -0.3 is 5.32 Å². The first-order chi connectivity index (χ1) is 9.63. The van der Waals surface area contributed by atoms with E-state index >= 15 is 0 Å². The van der Waals surface area contributed by atoms with Crippen LogP contribution >= 0.6 is 0 Å². The highest BCUT2D eigenvalue weighted by Crippen LogP contribution is 2.08. The largest absolute Gasteiger partial charge is 0.356 e. The van der Waals surface area contributed by atoms with Crippen molar-refractivity contribution in [1.29, 1.82) is 0 Å². The highest BCUT2D eigenvalue weighted by molar-refractivity contribution is 5.76. The molecular formula is C17H28N2O. The van der Waals surface area contributed by atoms with Gasteiger partial charge in [0.1, 0.15) is 0 Å². The minimum absolute atomic E-state index is 0.164. The first-order valence-corrected chi connectivity index (χ1v) is 7.68. The molecule has 0 spiro atoms. The van der Waals surface area contributed by atoms with Crippen molar-refractivity contribution in [3.05, 3.63) is 35.9 Å². The Morgan fingerprint density at radius 2 is 1.95 bits per heavy atom. The van der Waals surface area contributed by atoms with Crippen LogP contribution in [0.2, 0.25) is 0 Å². The average Bonchev–Trinajstić information content (AvgIpc) is 2.44. The minimum atomic E-state index is 0.164. The Hall–Kier alpha value is -1.35. The van der Waals surface area contributed by atoms with Gasteiger partial charge in [0.05, 0.1) is 0 Å². The number of carbonyl (C=O) groups is 1. The SMILES string of the molecule is CCCCNC(=O)CCN(Cc1ccccc1)C(C)C. The molecule has 0 bridgehead atoms. The van der Waals surface area contributed by atoms with Crippen molar-refractivity contribution in [2.24, 2.45) is 0 Å². The van der Waals surface area contributed by atoms with Gasteiger partial charge in [-0.15, -0.1) is 0 Å². The van der Waals surface area contributed by atoms with Crippen molar-refractivity contribution >= 4 is 5.91 Å². The van der Waals surface area contributed by atoms with Gasteiger partial charge in [0, 0.05) is 32.1 Å². The molecule has 0 aliphatic heterocycles. The van der Waals surface area contributed by atoms with E-state index in [1.807, 2.05) is 6.07 Å².